The maximum absolute atomic E-state index is 11.4. The second kappa shape index (κ2) is 7.42. The van der Waals surface area contributed by atoms with Crippen LogP contribution in [0.4, 0.5) is 5.69 Å². The fourth-order valence-corrected chi connectivity index (χ4v) is 3.41. The van der Waals surface area contributed by atoms with Crippen LogP contribution in [0.1, 0.15) is 39.5 Å². The molecule has 2 aromatic rings. The Morgan fingerprint density at radius 1 is 1.17 bits per heavy atom. The Kier molecular flexibility index (Phi) is 5.08. The molecule has 0 spiro atoms. The van der Waals surface area contributed by atoms with Crippen molar-refractivity contribution >= 4 is 35.1 Å². The summed E-state index contributed by atoms with van der Waals surface area (Å²) in [7, 11) is 1.38. The van der Waals surface area contributed by atoms with Crippen molar-refractivity contribution in [2.75, 3.05) is 25.1 Å². The monoisotopic (exact) mass is 328 g/mol. The number of rotatable bonds is 4. The zero-order chi connectivity index (χ0) is 16.1. The molecule has 0 aliphatic carbocycles. The minimum absolute atomic E-state index is 0.340. The van der Waals surface area contributed by atoms with Crippen molar-refractivity contribution in [2.24, 2.45) is 0 Å². The van der Waals surface area contributed by atoms with Crippen LogP contribution in [0, 0.1) is 0 Å². The number of ether oxygens (including phenoxy) is 1. The Balaban J connectivity index is 1.65. The molecule has 4 nitrogen and oxygen atoms in total. The third kappa shape index (κ3) is 3.99. The van der Waals surface area contributed by atoms with Crippen LogP contribution in [-0.2, 0) is 4.74 Å². The van der Waals surface area contributed by atoms with Gasteiger partial charge in [-0.2, -0.15) is 0 Å². The van der Waals surface area contributed by atoms with Gasteiger partial charge in [0.15, 0.2) is 0 Å². The zero-order valence-electron chi connectivity index (χ0n) is 13.2. The highest BCUT2D eigenvalue weighted by Crippen LogP contribution is 2.21. The lowest BCUT2D eigenvalue weighted by Crippen LogP contribution is -2.29. The Labute approximate surface area is 140 Å². The average Bonchev–Trinajstić information content (AvgIpc) is 3.09. The van der Waals surface area contributed by atoms with Gasteiger partial charge in [-0.1, -0.05) is 18.2 Å². The van der Waals surface area contributed by atoms with E-state index in [9.17, 15) is 4.79 Å². The maximum Gasteiger partial charge on any atom is 0.349 e. The van der Waals surface area contributed by atoms with E-state index in [-0.39, 0.29) is 5.97 Å². The van der Waals surface area contributed by atoms with Crippen molar-refractivity contribution in [3.8, 4) is 0 Å². The third-order valence-corrected chi connectivity index (χ3v) is 4.89. The standard InChI is InChI=1S/C18H20N2O2S/c1-22-18(21)16-13-19-17(23-16)10-7-14-5-8-15(9-6-14)20-11-3-2-4-12-20/h5-10,13H,2-4,11-12H2,1H3/b10-7+. The summed E-state index contributed by atoms with van der Waals surface area (Å²) in [5, 5.41) is 0.797. The SMILES string of the molecule is COC(=O)c1cnc(/C=C/c2ccc(N3CCCCC3)cc2)s1. The van der Waals surface area contributed by atoms with Crippen LogP contribution in [-0.4, -0.2) is 31.2 Å². The van der Waals surface area contributed by atoms with Gasteiger partial charge in [0.1, 0.15) is 9.88 Å². The lowest BCUT2D eigenvalue weighted by atomic mass is 10.1. The Hall–Kier alpha value is -2.14. The summed E-state index contributed by atoms with van der Waals surface area (Å²) in [4.78, 5) is 18.6. The zero-order valence-corrected chi connectivity index (χ0v) is 14.0. The summed E-state index contributed by atoms with van der Waals surface area (Å²) < 4.78 is 4.69. The first kappa shape index (κ1) is 15.7. The highest BCUT2D eigenvalue weighted by atomic mass is 32.1. The third-order valence-electron chi connectivity index (χ3n) is 3.94. The minimum Gasteiger partial charge on any atom is -0.465 e. The molecule has 0 bridgehead atoms. The van der Waals surface area contributed by atoms with Gasteiger partial charge in [-0.15, -0.1) is 11.3 Å². The molecule has 1 aromatic carbocycles. The summed E-state index contributed by atoms with van der Waals surface area (Å²) in [5.74, 6) is -0.340. The molecule has 0 radical (unpaired) electrons. The topological polar surface area (TPSA) is 42.4 Å². The number of nitrogens with zero attached hydrogens (tertiary/aromatic N) is 2. The maximum atomic E-state index is 11.4. The molecule has 1 aromatic heterocycles. The number of esters is 1. The molecule has 0 atom stereocenters. The van der Waals surface area contributed by atoms with Gasteiger partial charge in [0.05, 0.1) is 13.3 Å². The average molecular weight is 328 g/mol. The number of anilines is 1. The highest BCUT2D eigenvalue weighted by molar-refractivity contribution is 7.14. The molecule has 1 aliphatic heterocycles. The molecule has 2 heterocycles. The summed E-state index contributed by atoms with van der Waals surface area (Å²) in [5.41, 5.74) is 2.42. The van der Waals surface area contributed by atoms with E-state index < -0.39 is 0 Å². The van der Waals surface area contributed by atoms with Crippen LogP contribution in [0.3, 0.4) is 0 Å². The summed E-state index contributed by atoms with van der Waals surface area (Å²) in [6.07, 6.45) is 9.41. The number of thiazole rings is 1. The lowest BCUT2D eigenvalue weighted by Gasteiger charge is -2.28. The van der Waals surface area contributed by atoms with E-state index in [1.165, 1.54) is 43.4 Å². The lowest BCUT2D eigenvalue weighted by molar-refractivity contribution is 0.0606. The van der Waals surface area contributed by atoms with Gasteiger partial charge in [0.2, 0.25) is 0 Å². The van der Waals surface area contributed by atoms with E-state index >= 15 is 0 Å². The number of methoxy groups -OCH3 is 1. The van der Waals surface area contributed by atoms with E-state index in [4.69, 9.17) is 0 Å². The number of carbonyl (C=O) groups excluding carboxylic acids is 1. The molecule has 0 N–H and O–H groups in total. The molecule has 0 unspecified atom stereocenters. The molecule has 1 saturated heterocycles. The predicted octanol–water partition coefficient (Wildman–Crippen LogP) is 4.09. The van der Waals surface area contributed by atoms with Crippen molar-refractivity contribution in [3.63, 3.8) is 0 Å². The number of hydrogen-bond donors (Lipinski definition) is 0. The van der Waals surface area contributed by atoms with Crippen molar-refractivity contribution in [2.45, 2.75) is 19.3 Å². The fraction of sp³-hybridized carbons (Fsp3) is 0.333. The molecular weight excluding hydrogens is 308 g/mol. The van der Waals surface area contributed by atoms with Gasteiger partial charge in [-0.05, 0) is 43.0 Å². The fourth-order valence-electron chi connectivity index (χ4n) is 2.68. The highest BCUT2D eigenvalue weighted by Gasteiger charge is 2.10. The van der Waals surface area contributed by atoms with Gasteiger partial charge < -0.3 is 9.64 Å². The summed E-state index contributed by atoms with van der Waals surface area (Å²) in [6, 6.07) is 8.59. The first-order valence-electron chi connectivity index (χ1n) is 7.83. The first-order valence-corrected chi connectivity index (χ1v) is 8.65. The Morgan fingerprint density at radius 2 is 1.91 bits per heavy atom. The van der Waals surface area contributed by atoms with Crippen molar-refractivity contribution in [1.29, 1.82) is 0 Å². The number of benzene rings is 1. The molecule has 120 valence electrons. The van der Waals surface area contributed by atoms with Crippen LogP contribution in [0.5, 0.6) is 0 Å². The smallest absolute Gasteiger partial charge is 0.349 e. The molecule has 3 rings (SSSR count). The predicted molar refractivity (Wildman–Crippen MR) is 94.9 cm³/mol. The van der Waals surface area contributed by atoms with Crippen molar-refractivity contribution in [3.05, 3.63) is 45.9 Å². The molecule has 1 fully saturated rings. The quantitative estimate of drug-likeness (QED) is 0.793. The van der Waals surface area contributed by atoms with Crippen molar-refractivity contribution in [1.82, 2.24) is 4.98 Å². The number of hydrogen-bond acceptors (Lipinski definition) is 5. The number of carbonyl (C=O) groups is 1. The molecular formula is C18H20N2O2S. The van der Waals surface area contributed by atoms with Crippen LogP contribution in [0.15, 0.2) is 30.5 Å². The largest absolute Gasteiger partial charge is 0.465 e. The molecule has 5 heteroatoms. The van der Waals surface area contributed by atoms with Gasteiger partial charge in [-0.3, -0.25) is 0 Å². The van der Waals surface area contributed by atoms with Gasteiger partial charge >= 0.3 is 5.97 Å². The van der Waals surface area contributed by atoms with E-state index in [1.807, 2.05) is 12.2 Å². The molecule has 23 heavy (non-hydrogen) atoms. The molecule has 1 aliphatic rings. The van der Waals surface area contributed by atoms with Crippen molar-refractivity contribution < 1.29 is 9.53 Å². The van der Waals surface area contributed by atoms with E-state index in [0.717, 1.165) is 23.7 Å². The van der Waals surface area contributed by atoms with Gasteiger partial charge in [0.25, 0.3) is 0 Å². The van der Waals surface area contributed by atoms with Gasteiger partial charge in [0, 0.05) is 18.8 Å². The van der Waals surface area contributed by atoms with Crippen LogP contribution < -0.4 is 4.90 Å². The number of aromatic nitrogens is 1. The van der Waals surface area contributed by atoms with Crippen LogP contribution in [0.2, 0.25) is 0 Å². The molecule has 0 saturated carbocycles. The van der Waals surface area contributed by atoms with E-state index in [0.29, 0.717) is 4.88 Å². The minimum atomic E-state index is -0.340. The normalized spacial score (nSPS) is 15.1. The van der Waals surface area contributed by atoms with Crippen LogP contribution >= 0.6 is 11.3 Å². The Bertz CT molecular complexity index is 685. The second-order valence-electron chi connectivity index (χ2n) is 5.53. The van der Waals surface area contributed by atoms with Crippen LogP contribution in [0.25, 0.3) is 12.2 Å². The van der Waals surface area contributed by atoms with E-state index in [1.54, 1.807) is 6.20 Å². The van der Waals surface area contributed by atoms with E-state index in [2.05, 4.69) is 38.9 Å². The summed E-state index contributed by atoms with van der Waals surface area (Å²) >= 11 is 1.33. The molecule has 0 amide bonds. The number of piperidine rings is 1. The summed E-state index contributed by atoms with van der Waals surface area (Å²) in [6.45, 7) is 2.31. The first-order chi connectivity index (χ1) is 11.3. The second-order valence-corrected chi connectivity index (χ2v) is 6.59. The van der Waals surface area contributed by atoms with Gasteiger partial charge in [-0.25, -0.2) is 9.78 Å². The Morgan fingerprint density at radius 3 is 2.61 bits per heavy atom.